The minimum atomic E-state index is -4.51. The van der Waals surface area contributed by atoms with Gasteiger partial charge in [-0.2, -0.15) is 13.2 Å². The average molecular weight is 425 g/mol. The molecule has 0 atom stereocenters. The average Bonchev–Trinajstić information content (AvgIpc) is 2.66. The van der Waals surface area contributed by atoms with Crippen molar-refractivity contribution < 1.29 is 17.6 Å². The Hall–Kier alpha value is -1.81. The molecule has 0 bridgehead atoms. The van der Waals surface area contributed by atoms with Crippen LogP contribution in [0.25, 0.3) is 17.2 Å². The van der Waals surface area contributed by atoms with E-state index in [1.807, 2.05) is 24.3 Å². The van der Waals surface area contributed by atoms with E-state index in [0.717, 1.165) is 23.8 Å². The fraction of sp³-hybridized carbons (Fsp3) is 0.417. The topological polar surface area (TPSA) is 0 Å². The van der Waals surface area contributed by atoms with Gasteiger partial charge in [-0.25, -0.2) is 4.39 Å². The maximum atomic E-state index is 14.3. The highest BCUT2D eigenvalue weighted by Gasteiger charge is 2.23. The van der Waals surface area contributed by atoms with Crippen LogP contribution < -0.4 is 0 Å². The highest BCUT2D eigenvalue weighted by Crippen LogP contribution is 2.32. The van der Waals surface area contributed by atoms with Gasteiger partial charge in [-0.1, -0.05) is 68.5 Å². The molecule has 0 aliphatic heterocycles. The number of hydrogen-bond donors (Lipinski definition) is 0. The second-order valence-electron chi connectivity index (χ2n) is 8.09. The molecule has 29 heavy (non-hydrogen) atoms. The van der Waals surface area contributed by atoms with Crippen LogP contribution in [0.15, 0.2) is 42.5 Å². The van der Waals surface area contributed by atoms with Crippen molar-refractivity contribution in [2.75, 3.05) is 0 Å². The fourth-order valence-corrected chi connectivity index (χ4v) is 4.21. The van der Waals surface area contributed by atoms with E-state index in [1.54, 1.807) is 0 Å². The summed E-state index contributed by atoms with van der Waals surface area (Å²) in [7, 11) is 0. The predicted octanol–water partition coefficient (Wildman–Crippen LogP) is 8.48. The third-order valence-electron chi connectivity index (χ3n) is 5.78. The minimum Gasteiger partial charge on any atom is -0.206 e. The van der Waals surface area contributed by atoms with Crippen LogP contribution >= 0.6 is 11.6 Å². The summed E-state index contributed by atoms with van der Waals surface area (Å²) in [6.07, 6.45) is 3.62. The van der Waals surface area contributed by atoms with Crippen LogP contribution in [0.5, 0.6) is 0 Å². The molecule has 0 N–H and O–H groups in total. The summed E-state index contributed by atoms with van der Waals surface area (Å²) in [6.45, 7) is 2.32. The van der Waals surface area contributed by atoms with E-state index in [0.29, 0.717) is 11.6 Å². The Bertz CT molecular complexity index is 821. The zero-order chi connectivity index (χ0) is 21.0. The number of hydrogen-bond acceptors (Lipinski definition) is 0. The normalized spacial score (nSPS) is 20.3. The SMILES string of the molecule is CC1CCC(CCc2ccc(-c3cc(F)c(/C=C/C(F)(F)F)c(Cl)c3)cc2)CC1. The molecule has 3 rings (SSSR count). The van der Waals surface area contributed by atoms with E-state index in [9.17, 15) is 17.6 Å². The zero-order valence-corrected chi connectivity index (χ0v) is 17.2. The second-order valence-corrected chi connectivity index (χ2v) is 8.50. The number of benzene rings is 2. The molecule has 1 aliphatic carbocycles. The van der Waals surface area contributed by atoms with Crippen LogP contribution in [0.4, 0.5) is 17.6 Å². The molecule has 1 aliphatic rings. The summed E-state index contributed by atoms with van der Waals surface area (Å²) >= 11 is 6.03. The van der Waals surface area contributed by atoms with Crippen molar-refractivity contribution in [2.24, 2.45) is 11.8 Å². The first-order valence-electron chi connectivity index (χ1n) is 10.1. The minimum absolute atomic E-state index is 0.0151. The summed E-state index contributed by atoms with van der Waals surface area (Å²) in [4.78, 5) is 0. The summed E-state index contributed by atoms with van der Waals surface area (Å²) in [5, 5.41) is -0.0453. The van der Waals surface area contributed by atoms with Crippen molar-refractivity contribution in [1.29, 1.82) is 0 Å². The van der Waals surface area contributed by atoms with Crippen LogP contribution in [0.2, 0.25) is 5.02 Å². The Balaban J connectivity index is 1.67. The van der Waals surface area contributed by atoms with Gasteiger partial charge in [-0.3, -0.25) is 0 Å². The number of halogens is 5. The molecule has 0 saturated heterocycles. The van der Waals surface area contributed by atoms with Gasteiger partial charge in [0.15, 0.2) is 0 Å². The molecule has 0 aromatic heterocycles. The second kappa shape index (κ2) is 9.34. The molecule has 0 heterocycles. The lowest BCUT2D eigenvalue weighted by molar-refractivity contribution is -0.0790. The van der Waals surface area contributed by atoms with Crippen molar-refractivity contribution in [1.82, 2.24) is 0 Å². The monoisotopic (exact) mass is 424 g/mol. The molecule has 156 valence electrons. The van der Waals surface area contributed by atoms with Crippen molar-refractivity contribution in [3.63, 3.8) is 0 Å². The van der Waals surface area contributed by atoms with Gasteiger partial charge in [-0.05, 0) is 59.6 Å². The molecular formula is C24H25ClF4. The van der Waals surface area contributed by atoms with Gasteiger partial charge in [0.1, 0.15) is 5.82 Å². The quantitative estimate of drug-likeness (QED) is 0.422. The van der Waals surface area contributed by atoms with Gasteiger partial charge in [0.2, 0.25) is 0 Å². The largest absolute Gasteiger partial charge is 0.409 e. The fourth-order valence-electron chi connectivity index (χ4n) is 3.94. The maximum Gasteiger partial charge on any atom is 0.409 e. The van der Waals surface area contributed by atoms with Gasteiger partial charge >= 0.3 is 6.18 Å². The summed E-state index contributed by atoms with van der Waals surface area (Å²) in [5.74, 6) is 0.882. The van der Waals surface area contributed by atoms with E-state index in [2.05, 4.69) is 6.92 Å². The summed E-state index contributed by atoms with van der Waals surface area (Å²) in [6, 6.07) is 10.6. The lowest BCUT2D eigenvalue weighted by Crippen LogP contribution is -2.12. The number of aryl methyl sites for hydroxylation is 1. The molecule has 1 saturated carbocycles. The predicted molar refractivity (Wildman–Crippen MR) is 111 cm³/mol. The summed E-state index contributed by atoms with van der Waals surface area (Å²) < 4.78 is 51.3. The number of allylic oxidation sites excluding steroid dienone is 1. The van der Waals surface area contributed by atoms with Crippen molar-refractivity contribution in [3.05, 3.63) is 64.4 Å². The number of alkyl halides is 3. The van der Waals surface area contributed by atoms with E-state index >= 15 is 0 Å². The lowest BCUT2D eigenvalue weighted by atomic mass is 9.80. The van der Waals surface area contributed by atoms with Gasteiger partial charge in [0.25, 0.3) is 0 Å². The van der Waals surface area contributed by atoms with Gasteiger partial charge in [0.05, 0.1) is 5.02 Å². The Morgan fingerprint density at radius 1 is 1.00 bits per heavy atom. The molecular weight excluding hydrogens is 400 g/mol. The first-order valence-corrected chi connectivity index (χ1v) is 10.4. The van der Waals surface area contributed by atoms with Crippen LogP contribution in [0, 0.1) is 17.7 Å². The molecule has 1 fully saturated rings. The van der Waals surface area contributed by atoms with Crippen LogP contribution in [0.3, 0.4) is 0 Å². The number of rotatable bonds is 5. The molecule has 0 spiro atoms. The van der Waals surface area contributed by atoms with Crippen LogP contribution in [0.1, 0.15) is 50.2 Å². The summed E-state index contributed by atoms with van der Waals surface area (Å²) in [5.41, 5.74) is 2.31. The van der Waals surface area contributed by atoms with Gasteiger partial charge in [0, 0.05) is 11.6 Å². The third kappa shape index (κ3) is 6.33. The lowest BCUT2D eigenvalue weighted by Gasteiger charge is -2.26. The standard InChI is InChI=1S/C24H25ClF4/c1-16-2-4-17(5-3-16)6-7-18-8-10-19(11-9-18)20-14-22(25)21(23(26)15-20)12-13-24(27,28)29/h8-17H,2-7H2,1H3/b13-12+. The Kier molecular flexibility index (Phi) is 7.05. The third-order valence-corrected chi connectivity index (χ3v) is 6.09. The smallest absolute Gasteiger partial charge is 0.206 e. The van der Waals surface area contributed by atoms with Crippen LogP contribution in [-0.4, -0.2) is 6.18 Å². The first kappa shape index (κ1) is 21.9. The van der Waals surface area contributed by atoms with Crippen LogP contribution in [-0.2, 0) is 6.42 Å². The Morgan fingerprint density at radius 3 is 2.24 bits per heavy atom. The van der Waals surface area contributed by atoms with E-state index < -0.39 is 12.0 Å². The van der Waals surface area contributed by atoms with E-state index in [1.165, 1.54) is 49.8 Å². The molecule has 2 aromatic rings. The molecule has 0 amide bonds. The molecule has 5 heteroatoms. The molecule has 0 radical (unpaired) electrons. The van der Waals surface area contributed by atoms with E-state index in [4.69, 9.17) is 11.6 Å². The zero-order valence-electron chi connectivity index (χ0n) is 16.4. The first-order chi connectivity index (χ1) is 13.7. The molecule has 0 nitrogen and oxygen atoms in total. The Morgan fingerprint density at radius 2 is 1.66 bits per heavy atom. The van der Waals surface area contributed by atoms with Gasteiger partial charge in [-0.15, -0.1) is 0 Å². The molecule has 0 unspecified atom stereocenters. The van der Waals surface area contributed by atoms with Gasteiger partial charge < -0.3 is 0 Å². The van der Waals surface area contributed by atoms with Crippen molar-refractivity contribution in [3.8, 4) is 11.1 Å². The highest BCUT2D eigenvalue weighted by atomic mass is 35.5. The van der Waals surface area contributed by atoms with Crippen molar-refractivity contribution in [2.45, 2.75) is 51.6 Å². The van der Waals surface area contributed by atoms with E-state index in [-0.39, 0.29) is 16.7 Å². The highest BCUT2D eigenvalue weighted by molar-refractivity contribution is 6.32. The van der Waals surface area contributed by atoms with Crippen molar-refractivity contribution >= 4 is 17.7 Å². The Labute approximate surface area is 174 Å². The maximum absolute atomic E-state index is 14.3. The molecule has 2 aromatic carbocycles.